The first-order chi connectivity index (χ1) is 8.99. The molecule has 0 fully saturated rings. The molecule has 0 spiro atoms. The van der Waals surface area contributed by atoms with Crippen LogP contribution in [0, 0.1) is 5.82 Å². The number of rotatable bonds is 2. The van der Waals surface area contributed by atoms with Crippen LogP contribution in [0.25, 0.3) is 0 Å². The highest BCUT2D eigenvalue weighted by atomic mass is 79.9. The summed E-state index contributed by atoms with van der Waals surface area (Å²) in [5.41, 5.74) is 0.511. The Labute approximate surface area is 130 Å². The molecule has 0 saturated carbocycles. The molecular formula is C12H6Br2ClFN2O. The van der Waals surface area contributed by atoms with Crippen LogP contribution in [0.3, 0.4) is 0 Å². The molecular weight excluding hydrogens is 402 g/mol. The van der Waals surface area contributed by atoms with Gasteiger partial charge in [0, 0.05) is 8.95 Å². The van der Waals surface area contributed by atoms with Crippen LogP contribution in [0.5, 0.6) is 0 Å². The molecule has 0 radical (unpaired) electrons. The lowest BCUT2D eigenvalue weighted by atomic mass is 10.2. The maximum Gasteiger partial charge on any atom is 0.258 e. The van der Waals surface area contributed by atoms with Crippen molar-refractivity contribution < 1.29 is 9.18 Å². The van der Waals surface area contributed by atoms with Crippen LogP contribution in [0.15, 0.2) is 39.4 Å². The molecule has 3 nitrogen and oxygen atoms in total. The number of carbonyl (C=O) groups excluding carboxylic acids is 1. The molecule has 7 heteroatoms. The Morgan fingerprint density at radius 3 is 2.58 bits per heavy atom. The summed E-state index contributed by atoms with van der Waals surface area (Å²) in [5, 5.41) is 2.59. The third kappa shape index (κ3) is 3.32. The Morgan fingerprint density at radius 2 is 1.95 bits per heavy atom. The Hall–Kier alpha value is -0.980. The predicted molar refractivity (Wildman–Crippen MR) is 79.0 cm³/mol. The number of pyridine rings is 1. The Balaban J connectivity index is 2.34. The molecule has 98 valence electrons. The van der Waals surface area contributed by atoms with Gasteiger partial charge in [0.25, 0.3) is 5.91 Å². The third-order valence-corrected chi connectivity index (χ3v) is 3.87. The van der Waals surface area contributed by atoms with Gasteiger partial charge in [-0.1, -0.05) is 17.7 Å². The van der Waals surface area contributed by atoms with Gasteiger partial charge in [0.1, 0.15) is 11.0 Å². The van der Waals surface area contributed by atoms with Crippen LogP contribution >= 0.6 is 43.5 Å². The monoisotopic (exact) mass is 406 g/mol. The van der Waals surface area contributed by atoms with E-state index in [-0.39, 0.29) is 10.7 Å². The zero-order valence-corrected chi connectivity index (χ0v) is 13.2. The first kappa shape index (κ1) is 14.4. The maximum absolute atomic E-state index is 13.1. The van der Waals surface area contributed by atoms with Crippen LogP contribution in [0.2, 0.25) is 5.15 Å². The van der Waals surface area contributed by atoms with Crippen molar-refractivity contribution >= 4 is 55.1 Å². The number of nitrogens with zero attached hydrogens (tertiary/aromatic N) is 1. The Kier molecular flexibility index (Phi) is 4.54. The summed E-state index contributed by atoms with van der Waals surface area (Å²) in [6.07, 6.45) is 0.952. The number of carbonyl (C=O) groups is 1. The highest BCUT2D eigenvalue weighted by Crippen LogP contribution is 2.31. The second-order valence-electron chi connectivity index (χ2n) is 3.54. The van der Waals surface area contributed by atoms with Gasteiger partial charge < -0.3 is 5.32 Å². The minimum atomic E-state index is -0.624. The number of benzene rings is 1. The topological polar surface area (TPSA) is 42.0 Å². The summed E-state index contributed by atoms with van der Waals surface area (Å²) in [7, 11) is 0. The molecule has 19 heavy (non-hydrogen) atoms. The minimum absolute atomic E-state index is 0.0238. The maximum atomic E-state index is 13.1. The van der Waals surface area contributed by atoms with E-state index in [0.717, 1.165) is 12.3 Å². The van der Waals surface area contributed by atoms with Crippen molar-refractivity contribution in [3.05, 3.63) is 55.9 Å². The number of aromatic nitrogens is 1. The molecule has 0 aliphatic heterocycles. The number of halogens is 4. The van der Waals surface area contributed by atoms with Gasteiger partial charge in [-0.25, -0.2) is 9.37 Å². The zero-order chi connectivity index (χ0) is 14.0. The molecule has 2 aromatic rings. The first-order valence-electron chi connectivity index (χ1n) is 5.05. The van der Waals surface area contributed by atoms with Crippen molar-refractivity contribution in [1.29, 1.82) is 0 Å². The van der Waals surface area contributed by atoms with E-state index in [1.165, 1.54) is 0 Å². The van der Waals surface area contributed by atoms with Gasteiger partial charge in [-0.15, -0.1) is 0 Å². The fourth-order valence-corrected chi connectivity index (χ4v) is 2.77. The zero-order valence-electron chi connectivity index (χ0n) is 9.25. The largest absolute Gasteiger partial charge is 0.320 e. The molecule has 1 heterocycles. The lowest BCUT2D eigenvalue weighted by Gasteiger charge is -2.10. The van der Waals surface area contributed by atoms with E-state index in [1.807, 2.05) is 0 Å². The summed E-state index contributed by atoms with van der Waals surface area (Å²) in [4.78, 5) is 15.6. The van der Waals surface area contributed by atoms with Crippen LogP contribution in [0.4, 0.5) is 10.1 Å². The summed E-state index contributed by atoms with van der Waals surface area (Å²) in [6.45, 7) is 0. The molecule has 1 aromatic heterocycles. The average Bonchev–Trinajstić information content (AvgIpc) is 2.37. The van der Waals surface area contributed by atoms with E-state index >= 15 is 0 Å². The minimum Gasteiger partial charge on any atom is -0.320 e. The molecule has 1 N–H and O–H groups in total. The molecule has 0 aliphatic carbocycles. The van der Waals surface area contributed by atoms with Gasteiger partial charge >= 0.3 is 0 Å². The smallest absolute Gasteiger partial charge is 0.258 e. The summed E-state index contributed by atoms with van der Waals surface area (Å²) >= 11 is 12.4. The number of hydrogen-bond donors (Lipinski definition) is 1. The molecule has 0 bridgehead atoms. The van der Waals surface area contributed by atoms with Crippen molar-refractivity contribution in [2.45, 2.75) is 0 Å². The van der Waals surface area contributed by atoms with Crippen molar-refractivity contribution in [2.75, 3.05) is 5.32 Å². The number of nitrogens with one attached hydrogen (secondary N) is 1. The molecule has 1 aromatic carbocycles. The standard InChI is InChI=1S/C12H6Br2ClFN2O/c13-8-2-1-3-9(14)10(8)18-12(19)7-4-6(16)5-17-11(7)15/h1-5H,(H,18,19). The van der Waals surface area contributed by atoms with E-state index < -0.39 is 11.7 Å². The van der Waals surface area contributed by atoms with E-state index in [1.54, 1.807) is 18.2 Å². The second-order valence-corrected chi connectivity index (χ2v) is 5.61. The molecule has 0 unspecified atom stereocenters. The van der Waals surface area contributed by atoms with Crippen molar-refractivity contribution in [1.82, 2.24) is 4.98 Å². The summed E-state index contributed by atoms with van der Waals surface area (Å²) < 4.78 is 14.5. The quantitative estimate of drug-likeness (QED) is 0.735. The van der Waals surface area contributed by atoms with Crippen molar-refractivity contribution in [2.24, 2.45) is 0 Å². The fraction of sp³-hybridized carbons (Fsp3) is 0. The van der Waals surface area contributed by atoms with E-state index in [2.05, 4.69) is 42.2 Å². The van der Waals surface area contributed by atoms with Gasteiger partial charge in [-0.2, -0.15) is 0 Å². The molecule has 2 rings (SSSR count). The Morgan fingerprint density at radius 1 is 1.32 bits per heavy atom. The molecule has 1 amide bonds. The lowest BCUT2D eigenvalue weighted by molar-refractivity contribution is 0.102. The van der Waals surface area contributed by atoms with Gasteiger partial charge in [0.2, 0.25) is 0 Å². The predicted octanol–water partition coefficient (Wildman–Crippen LogP) is 4.65. The normalized spacial score (nSPS) is 10.3. The lowest BCUT2D eigenvalue weighted by Crippen LogP contribution is -2.14. The summed E-state index contributed by atoms with van der Waals surface area (Å²) in [5.74, 6) is -1.16. The average molecular weight is 408 g/mol. The molecule has 0 saturated heterocycles. The van der Waals surface area contributed by atoms with Gasteiger partial charge in [0.15, 0.2) is 0 Å². The second kappa shape index (κ2) is 5.98. The number of hydrogen-bond acceptors (Lipinski definition) is 2. The number of anilines is 1. The van der Waals surface area contributed by atoms with Crippen molar-refractivity contribution in [3.63, 3.8) is 0 Å². The van der Waals surface area contributed by atoms with Gasteiger partial charge in [-0.05, 0) is 50.1 Å². The van der Waals surface area contributed by atoms with E-state index in [9.17, 15) is 9.18 Å². The third-order valence-electron chi connectivity index (χ3n) is 2.25. The van der Waals surface area contributed by atoms with Gasteiger partial charge in [-0.3, -0.25) is 4.79 Å². The van der Waals surface area contributed by atoms with Crippen molar-refractivity contribution in [3.8, 4) is 0 Å². The van der Waals surface area contributed by atoms with Crippen LogP contribution in [-0.4, -0.2) is 10.9 Å². The van der Waals surface area contributed by atoms with E-state index in [0.29, 0.717) is 14.6 Å². The number of para-hydroxylation sites is 1. The Bertz CT molecular complexity index is 631. The van der Waals surface area contributed by atoms with Crippen LogP contribution in [0.1, 0.15) is 10.4 Å². The molecule has 0 aliphatic rings. The van der Waals surface area contributed by atoms with Crippen LogP contribution < -0.4 is 5.32 Å². The summed E-state index contributed by atoms with van der Waals surface area (Å²) in [6, 6.07) is 6.38. The highest BCUT2D eigenvalue weighted by Gasteiger charge is 2.15. The van der Waals surface area contributed by atoms with Gasteiger partial charge in [0.05, 0.1) is 17.4 Å². The highest BCUT2D eigenvalue weighted by molar-refractivity contribution is 9.11. The first-order valence-corrected chi connectivity index (χ1v) is 7.02. The SMILES string of the molecule is O=C(Nc1c(Br)cccc1Br)c1cc(F)cnc1Cl. The van der Waals surface area contributed by atoms with Crippen LogP contribution in [-0.2, 0) is 0 Å². The molecule has 0 atom stereocenters. The number of amides is 1. The fourth-order valence-electron chi connectivity index (χ4n) is 1.38. The van der Waals surface area contributed by atoms with E-state index in [4.69, 9.17) is 11.6 Å².